The van der Waals surface area contributed by atoms with E-state index < -0.39 is 17.9 Å². The fourth-order valence-corrected chi connectivity index (χ4v) is 5.50. The van der Waals surface area contributed by atoms with Crippen LogP contribution in [0.3, 0.4) is 0 Å². The fourth-order valence-electron chi connectivity index (χ4n) is 4.67. The van der Waals surface area contributed by atoms with Crippen molar-refractivity contribution < 1.29 is 28.5 Å². The van der Waals surface area contributed by atoms with Crippen molar-refractivity contribution in [3.8, 4) is 22.8 Å². The molecule has 0 fully saturated rings. The van der Waals surface area contributed by atoms with Gasteiger partial charge in [0.05, 0.1) is 55.9 Å². The summed E-state index contributed by atoms with van der Waals surface area (Å²) in [7, 11) is 3.17. The monoisotopic (exact) mass is 525 g/mol. The Morgan fingerprint density at radius 1 is 1.00 bits per heavy atom. The number of dihydropyridines is 1. The molecule has 1 aliphatic rings. The third kappa shape index (κ3) is 4.69. The molecule has 0 atom stereocenters. The number of hydrogen-bond acceptors (Lipinski definition) is 9. The molecular formula is C27H31N3O6S. The standard InChI is InChI=1S/C27H31N3O6S/c1-8-35-25(31)20-15(4)28-16(5)21(26(32)36-9-2)22(20)24-23(29-27-30(24)13-14(3)37-27)18-12-17(33-6)10-11-19(18)34-7/h10-13,22,28H,8-9H2,1-7H3. The van der Waals surface area contributed by atoms with E-state index in [-0.39, 0.29) is 13.2 Å². The van der Waals surface area contributed by atoms with Gasteiger partial charge in [-0.1, -0.05) is 0 Å². The normalized spacial score (nSPS) is 14.1. The fraction of sp³-hybridized carbons (Fsp3) is 0.370. The number of nitrogens with zero attached hydrogens (tertiary/aromatic N) is 2. The molecule has 0 amide bonds. The summed E-state index contributed by atoms with van der Waals surface area (Å²) in [5.74, 6) is -0.645. The topological polar surface area (TPSA) is 100 Å². The summed E-state index contributed by atoms with van der Waals surface area (Å²) in [6.07, 6.45) is 1.96. The van der Waals surface area contributed by atoms with Crippen LogP contribution in [0.15, 0.2) is 46.9 Å². The van der Waals surface area contributed by atoms with Crippen LogP contribution >= 0.6 is 11.3 Å². The van der Waals surface area contributed by atoms with Crippen LogP contribution in [-0.2, 0) is 19.1 Å². The third-order valence-electron chi connectivity index (χ3n) is 6.17. The predicted octanol–water partition coefficient (Wildman–Crippen LogP) is 4.75. The van der Waals surface area contributed by atoms with E-state index in [2.05, 4.69) is 5.32 Å². The van der Waals surface area contributed by atoms with Crippen LogP contribution in [0.4, 0.5) is 0 Å². The maximum absolute atomic E-state index is 13.4. The predicted molar refractivity (Wildman–Crippen MR) is 141 cm³/mol. The second kappa shape index (κ2) is 10.7. The second-order valence-corrected chi connectivity index (χ2v) is 9.70. The molecule has 1 aromatic carbocycles. The van der Waals surface area contributed by atoms with Crippen molar-refractivity contribution in [2.24, 2.45) is 0 Å². The van der Waals surface area contributed by atoms with Crippen molar-refractivity contribution in [1.82, 2.24) is 14.7 Å². The molecular weight excluding hydrogens is 494 g/mol. The molecule has 0 saturated heterocycles. The molecule has 0 spiro atoms. The van der Waals surface area contributed by atoms with E-state index in [1.165, 1.54) is 11.3 Å². The molecule has 4 rings (SSSR count). The van der Waals surface area contributed by atoms with E-state index in [0.717, 1.165) is 4.88 Å². The first kappa shape index (κ1) is 26.3. The van der Waals surface area contributed by atoms with Crippen molar-refractivity contribution in [2.75, 3.05) is 27.4 Å². The summed E-state index contributed by atoms with van der Waals surface area (Å²) in [6, 6.07) is 5.45. The van der Waals surface area contributed by atoms with Gasteiger partial charge >= 0.3 is 11.9 Å². The Labute approximate surface area is 219 Å². The minimum absolute atomic E-state index is 0.190. The van der Waals surface area contributed by atoms with E-state index in [1.54, 1.807) is 54.0 Å². The molecule has 3 heterocycles. The molecule has 3 aromatic rings. The Kier molecular flexibility index (Phi) is 7.58. The minimum Gasteiger partial charge on any atom is -0.497 e. The number of allylic oxidation sites excluding steroid dienone is 2. The van der Waals surface area contributed by atoms with Crippen LogP contribution in [0.5, 0.6) is 11.5 Å². The second-order valence-electron chi connectivity index (χ2n) is 8.48. The Hall–Kier alpha value is -3.79. The number of esters is 2. The Balaban J connectivity index is 2.11. The lowest BCUT2D eigenvalue weighted by Gasteiger charge is -2.30. The highest BCUT2D eigenvalue weighted by Crippen LogP contribution is 2.46. The van der Waals surface area contributed by atoms with Gasteiger partial charge in [0.2, 0.25) is 0 Å². The molecule has 0 radical (unpaired) electrons. The number of aryl methyl sites for hydroxylation is 1. The van der Waals surface area contributed by atoms with E-state index in [0.29, 0.717) is 56.0 Å². The van der Waals surface area contributed by atoms with Gasteiger partial charge in [0.1, 0.15) is 11.5 Å². The molecule has 9 nitrogen and oxygen atoms in total. The van der Waals surface area contributed by atoms with E-state index >= 15 is 0 Å². The van der Waals surface area contributed by atoms with Crippen molar-refractivity contribution in [1.29, 1.82) is 0 Å². The maximum atomic E-state index is 13.4. The van der Waals surface area contributed by atoms with Crippen LogP contribution in [0, 0.1) is 6.92 Å². The van der Waals surface area contributed by atoms with Gasteiger partial charge in [-0.2, -0.15) is 0 Å². The quantitative estimate of drug-likeness (QED) is 0.421. The maximum Gasteiger partial charge on any atom is 0.336 e. The van der Waals surface area contributed by atoms with Crippen LogP contribution in [-0.4, -0.2) is 48.8 Å². The smallest absolute Gasteiger partial charge is 0.336 e. The number of hydrogen-bond donors (Lipinski definition) is 1. The number of fused-ring (bicyclic) bond motifs is 1. The van der Waals surface area contributed by atoms with Gasteiger partial charge in [0, 0.05) is 28.0 Å². The Bertz CT molecular complexity index is 1390. The minimum atomic E-state index is -0.811. The van der Waals surface area contributed by atoms with Crippen LogP contribution in [0.2, 0.25) is 0 Å². The van der Waals surface area contributed by atoms with Crippen molar-refractivity contribution in [3.05, 3.63) is 57.5 Å². The largest absolute Gasteiger partial charge is 0.497 e. The number of ether oxygens (including phenoxy) is 4. The molecule has 0 saturated carbocycles. The molecule has 2 aromatic heterocycles. The molecule has 1 aliphatic heterocycles. The lowest BCUT2D eigenvalue weighted by molar-refractivity contribution is -0.139. The first-order chi connectivity index (χ1) is 17.7. The van der Waals surface area contributed by atoms with Gasteiger partial charge < -0.3 is 24.3 Å². The molecule has 1 N–H and O–H groups in total. The molecule has 0 bridgehead atoms. The summed E-state index contributed by atoms with van der Waals surface area (Å²) < 4.78 is 24.0. The van der Waals surface area contributed by atoms with E-state index in [9.17, 15) is 9.59 Å². The number of aromatic nitrogens is 2. The van der Waals surface area contributed by atoms with Gasteiger partial charge in [-0.05, 0) is 52.8 Å². The number of carbonyl (C=O) groups is 2. The highest BCUT2D eigenvalue weighted by atomic mass is 32.1. The number of benzene rings is 1. The van der Waals surface area contributed by atoms with Crippen LogP contribution in [0.25, 0.3) is 16.2 Å². The summed E-state index contributed by atoms with van der Waals surface area (Å²) in [4.78, 5) is 33.5. The van der Waals surface area contributed by atoms with Gasteiger partial charge in [0.15, 0.2) is 4.96 Å². The van der Waals surface area contributed by atoms with Gasteiger partial charge in [-0.25, -0.2) is 14.6 Å². The average molecular weight is 526 g/mol. The highest BCUT2D eigenvalue weighted by molar-refractivity contribution is 7.17. The molecule has 10 heteroatoms. The summed E-state index contributed by atoms with van der Waals surface area (Å²) in [5, 5.41) is 3.19. The van der Waals surface area contributed by atoms with Gasteiger partial charge in [0.25, 0.3) is 0 Å². The zero-order valence-corrected chi connectivity index (χ0v) is 22.9. The van der Waals surface area contributed by atoms with Crippen LogP contribution in [0.1, 0.15) is 44.2 Å². The number of nitrogens with one attached hydrogen (secondary N) is 1. The van der Waals surface area contributed by atoms with Gasteiger partial charge in [-0.3, -0.25) is 4.40 Å². The Morgan fingerprint density at radius 3 is 2.16 bits per heavy atom. The van der Waals surface area contributed by atoms with Crippen molar-refractivity contribution >= 4 is 28.2 Å². The zero-order chi connectivity index (χ0) is 26.9. The first-order valence-electron chi connectivity index (χ1n) is 12.0. The Morgan fingerprint density at radius 2 is 1.62 bits per heavy atom. The first-order valence-corrected chi connectivity index (χ1v) is 12.8. The number of imidazole rings is 1. The molecule has 0 unspecified atom stereocenters. The number of carbonyl (C=O) groups excluding carboxylic acids is 2. The lowest BCUT2D eigenvalue weighted by Crippen LogP contribution is -2.33. The zero-order valence-electron chi connectivity index (χ0n) is 22.1. The molecule has 196 valence electrons. The highest BCUT2D eigenvalue weighted by Gasteiger charge is 2.42. The third-order valence-corrected chi connectivity index (χ3v) is 7.06. The average Bonchev–Trinajstić information content (AvgIpc) is 3.38. The van der Waals surface area contributed by atoms with E-state index in [1.807, 2.05) is 23.6 Å². The van der Waals surface area contributed by atoms with Crippen molar-refractivity contribution in [2.45, 2.75) is 40.5 Å². The van der Waals surface area contributed by atoms with Crippen molar-refractivity contribution in [3.63, 3.8) is 0 Å². The summed E-state index contributed by atoms with van der Waals surface area (Å²) in [6.45, 7) is 9.46. The number of methoxy groups -OCH3 is 2. The molecule has 0 aliphatic carbocycles. The number of rotatable bonds is 8. The number of thiazole rings is 1. The molecule has 37 heavy (non-hydrogen) atoms. The van der Waals surface area contributed by atoms with Crippen LogP contribution < -0.4 is 14.8 Å². The summed E-state index contributed by atoms with van der Waals surface area (Å²) >= 11 is 1.51. The SMILES string of the molecule is CCOC(=O)C1=C(C)NC(C)=C(C(=O)OCC)C1c1c(-c2cc(OC)ccc2OC)nc2sc(C)cn12. The van der Waals surface area contributed by atoms with Gasteiger partial charge in [-0.15, -0.1) is 11.3 Å². The lowest BCUT2D eigenvalue weighted by atomic mass is 9.81. The van der Waals surface area contributed by atoms with E-state index in [4.69, 9.17) is 23.9 Å². The summed E-state index contributed by atoms with van der Waals surface area (Å²) in [5.41, 5.74) is 3.72.